The monoisotopic (exact) mass is 262 g/mol. The molecule has 0 spiro atoms. The number of nitrogens with one attached hydrogen (secondary N) is 2. The Morgan fingerprint density at radius 2 is 2.21 bits per heavy atom. The number of nitrogens with zero attached hydrogens (tertiary/aromatic N) is 2. The first-order chi connectivity index (χ1) is 9.28. The second-order valence-electron chi connectivity index (χ2n) is 5.03. The van der Waals surface area contributed by atoms with Crippen molar-refractivity contribution >= 4 is 5.91 Å². The van der Waals surface area contributed by atoms with E-state index >= 15 is 0 Å². The van der Waals surface area contributed by atoms with E-state index in [-0.39, 0.29) is 11.9 Å². The summed E-state index contributed by atoms with van der Waals surface area (Å²) < 4.78 is 5.10. The molecule has 2 heterocycles. The summed E-state index contributed by atoms with van der Waals surface area (Å²) in [6.45, 7) is 1.44. The van der Waals surface area contributed by atoms with E-state index in [1.54, 1.807) is 13.3 Å². The highest BCUT2D eigenvalue weighted by Gasteiger charge is 2.32. The van der Waals surface area contributed by atoms with Crippen molar-refractivity contribution in [3.8, 4) is 6.01 Å². The Hall–Kier alpha value is -1.69. The molecule has 6 nitrogen and oxygen atoms in total. The Morgan fingerprint density at radius 3 is 2.95 bits per heavy atom. The molecular formula is C13H18N4O2. The summed E-state index contributed by atoms with van der Waals surface area (Å²) in [6, 6.07) is 0.410. The molecule has 2 aliphatic rings. The van der Waals surface area contributed by atoms with Gasteiger partial charge in [0.25, 0.3) is 0 Å². The Bertz CT molecular complexity index is 488. The van der Waals surface area contributed by atoms with E-state index in [9.17, 15) is 4.79 Å². The van der Waals surface area contributed by atoms with Crippen molar-refractivity contribution in [3.05, 3.63) is 17.5 Å². The molecule has 0 bridgehead atoms. The minimum Gasteiger partial charge on any atom is -0.467 e. The molecule has 1 aliphatic heterocycles. The van der Waals surface area contributed by atoms with Crippen molar-refractivity contribution in [1.29, 1.82) is 0 Å². The van der Waals surface area contributed by atoms with Crippen LogP contribution in [0.5, 0.6) is 6.01 Å². The van der Waals surface area contributed by atoms with E-state index < -0.39 is 0 Å². The van der Waals surface area contributed by atoms with Gasteiger partial charge in [0, 0.05) is 43.2 Å². The zero-order chi connectivity index (χ0) is 13.2. The molecule has 2 N–H and O–H groups in total. The molecule has 3 rings (SSSR count). The van der Waals surface area contributed by atoms with Crippen molar-refractivity contribution in [3.63, 3.8) is 0 Å². The molecule has 6 heteroatoms. The maximum atomic E-state index is 11.7. The Labute approximate surface area is 112 Å². The van der Waals surface area contributed by atoms with Crippen LogP contribution in [0.1, 0.15) is 42.5 Å². The number of ether oxygens (including phenoxy) is 1. The molecular weight excluding hydrogens is 244 g/mol. The Kier molecular flexibility index (Phi) is 3.33. The summed E-state index contributed by atoms with van der Waals surface area (Å²) in [6.07, 6.45) is 4.56. The molecule has 2 fully saturated rings. The fourth-order valence-corrected chi connectivity index (χ4v) is 2.44. The van der Waals surface area contributed by atoms with E-state index in [1.807, 2.05) is 0 Å². The summed E-state index contributed by atoms with van der Waals surface area (Å²) in [4.78, 5) is 20.3. The zero-order valence-electron chi connectivity index (χ0n) is 11.0. The number of methoxy groups -OCH3 is 1. The van der Waals surface area contributed by atoms with Crippen molar-refractivity contribution in [2.75, 3.05) is 20.2 Å². The van der Waals surface area contributed by atoms with Crippen LogP contribution in [0.4, 0.5) is 0 Å². The molecule has 0 aromatic carbocycles. The third-order valence-corrected chi connectivity index (χ3v) is 3.58. The summed E-state index contributed by atoms with van der Waals surface area (Å²) in [5.74, 6) is 0.576. The van der Waals surface area contributed by atoms with Crippen molar-refractivity contribution < 1.29 is 9.53 Å². The number of carbonyl (C=O) groups is 1. The number of hydrogen-bond acceptors (Lipinski definition) is 5. The van der Waals surface area contributed by atoms with Crippen LogP contribution in [-0.2, 0) is 4.79 Å². The molecule has 1 aliphatic carbocycles. The molecule has 19 heavy (non-hydrogen) atoms. The molecule has 0 radical (unpaired) electrons. The fraction of sp³-hybridized carbons (Fsp3) is 0.615. The smallest absolute Gasteiger partial charge is 0.316 e. The number of amides is 1. The van der Waals surface area contributed by atoms with Crippen LogP contribution in [0.15, 0.2) is 6.20 Å². The van der Waals surface area contributed by atoms with Gasteiger partial charge in [-0.05, 0) is 12.8 Å². The van der Waals surface area contributed by atoms with Gasteiger partial charge >= 0.3 is 6.01 Å². The topological polar surface area (TPSA) is 76.1 Å². The minimum atomic E-state index is 0.00371. The van der Waals surface area contributed by atoms with Gasteiger partial charge < -0.3 is 15.4 Å². The molecule has 1 amide bonds. The normalized spacial score (nSPS) is 23.6. The number of rotatable bonds is 3. The van der Waals surface area contributed by atoms with Gasteiger partial charge in [-0.25, -0.2) is 4.98 Å². The maximum Gasteiger partial charge on any atom is 0.316 e. The van der Waals surface area contributed by atoms with E-state index in [2.05, 4.69) is 20.6 Å². The molecule has 1 atom stereocenters. The van der Waals surface area contributed by atoms with Crippen LogP contribution in [0.2, 0.25) is 0 Å². The van der Waals surface area contributed by atoms with Crippen molar-refractivity contribution in [2.45, 2.75) is 31.2 Å². The van der Waals surface area contributed by atoms with Crippen LogP contribution in [-0.4, -0.2) is 36.1 Å². The lowest BCUT2D eigenvalue weighted by molar-refractivity contribution is -0.121. The average Bonchev–Trinajstić information content (AvgIpc) is 3.25. The summed E-state index contributed by atoms with van der Waals surface area (Å²) in [5, 5.41) is 6.25. The highest BCUT2D eigenvalue weighted by molar-refractivity contribution is 5.77. The minimum absolute atomic E-state index is 0.00371. The van der Waals surface area contributed by atoms with Gasteiger partial charge in [-0.2, -0.15) is 4.98 Å². The highest BCUT2D eigenvalue weighted by atomic mass is 16.5. The number of hydrogen-bond donors (Lipinski definition) is 2. The summed E-state index contributed by atoms with van der Waals surface area (Å²) >= 11 is 0. The van der Waals surface area contributed by atoms with E-state index in [1.165, 1.54) is 0 Å². The average molecular weight is 262 g/mol. The lowest BCUT2D eigenvalue weighted by Gasteiger charge is -2.18. The van der Waals surface area contributed by atoms with Gasteiger partial charge in [0.1, 0.15) is 0 Å². The SMILES string of the molecule is COc1ncc(C2CC(=O)NCCN2)c(C2CC2)n1. The highest BCUT2D eigenvalue weighted by Crippen LogP contribution is 2.42. The second kappa shape index (κ2) is 5.13. The van der Waals surface area contributed by atoms with Crippen LogP contribution in [0.3, 0.4) is 0 Å². The third-order valence-electron chi connectivity index (χ3n) is 3.58. The largest absolute Gasteiger partial charge is 0.467 e. The number of aromatic nitrogens is 2. The Balaban J connectivity index is 1.91. The van der Waals surface area contributed by atoms with Gasteiger partial charge in [0.05, 0.1) is 12.8 Å². The van der Waals surface area contributed by atoms with Crippen molar-refractivity contribution in [1.82, 2.24) is 20.6 Å². The number of carbonyl (C=O) groups excluding carboxylic acids is 1. The van der Waals surface area contributed by atoms with Gasteiger partial charge in [-0.1, -0.05) is 0 Å². The molecule has 1 aromatic rings. The predicted octanol–water partition coefficient (Wildman–Crippen LogP) is 0.513. The van der Waals surface area contributed by atoms with Crippen LogP contribution in [0.25, 0.3) is 0 Å². The maximum absolute atomic E-state index is 11.7. The van der Waals surface area contributed by atoms with Gasteiger partial charge in [-0.3, -0.25) is 4.79 Å². The fourth-order valence-electron chi connectivity index (χ4n) is 2.44. The lowest BCUT2D eigenvalue weighted by atomic mass is 10.0. The van der Waals surface area contributed by atoms with Crippen LogP contribution < -0.4 is 15.4 Å². The van der Waals surface area contributed by atoms with Crippen LogP contribution in [0, 0.1) is 0 Å². The lowest BCUT2D eigenvalue weighted by Crippen LogP contribution is -2.25. The van der Waals surface area contributed by atoms with E-state index in [4.69, 9.17) is 4.74 Å². The van der Waals surface area contributed by atoms with Gasteiger partial charge in [0.2, 0.25) is 5.91 Å². The molecule has 1 aromatic heterocycles. The summed E-state index contributed by atoms with van der Waals surface area (Å²) in [5.41, 5.74) is 2.08. The standard InChI is InChI=1S/C13H18N4O2/c1-19-13-16-7-9(12(17-13)8-2-3-8)10-6-11(18)15-5-4-14-10/h7-8,10,14H,2-6H2,1H3,(H,15,18). The Morgan fingerprint density at radius 1 is 1.37 bits per heavy atom. The van der Waals surface area contributed by atoms with Gasteiger partial charge in [0.15, 0.2) is 0 Å². The molecule has 1 saturated carbocycles. The molecule has 1 unspecified atom stereocenters. The summed E-state index contributed by atoms with van der Waals surface area (Å²) in [7, 11) is 1.57. The second-order valence-corrected chi connectivity index (χ2v) is 5.03. The van der Waals surface area contributed by atoms with E-state index in [0.29, 0.717) is 24.9 Å². The third kappa shape index (κ3) is 2.68. The molecule has 102 valence electrons. The molecule has 1 saturated heterocycles. The first-order valence-corrected chi connectivity index (χ1v) is 6.69. The first kappa shape index (κ1) is 12.3. The predicted molar refractivity (Wildman–Crippen MR) is 68.9 cm³/mol. The van der Waals surface area contributed by atoms with Gasteiger partial charge in [-0.15, -0.1) is 0 Å². The van der Waals surface area contributed by atoms with Crippen LogP contribution >= 0.6 is 0 Å². The zero-order valence-corrected chi connectivity index (χ0v) is 11.0. The van der Waals surface area contributed by atoms with Crippen molar-refractivity contribution in [2.24, 2.45) is 0 Å². The first-order valence-electron chi connectivity index (χ1n) is 6.69. The van der Waals surface area contributed by atoms with E-state index in [0.717, 1.165) is 30.6 Å². The quantitative estimate of drug-likeness (QED) is 0.830.